The van der Waals surface area contributed by atoms with E-state index in [1.807, 2.05) is 0 Å². The van der Waals surface area contributed by atoms with Gasteiger partial charge in [0.25, 0.3) is 0 Å². The number of carbonyl (C=O) groups is 1. The Morgan fingerprint density at radius 2 is 1.71 bits per heavy atom. The average Bonchev–Trinajstić information content (AvgIpc) is 2.41. The zero-order chi connectivity index (χ0) is 15.6. The molecule has 0 radical (unpaired) electrons. The van der Waals surface area contributed by atoms with E-state index in [1.54, 1.807) is 0 Å². The maximum atomic E-state index is 13.8. The molecular weight excluding hydrogens is 299 g/mol. The Hall–Kier alpha value is -2.41. The number of phenolic OH excluding ortho intramolecular Hbond substituents is 1. The quantitative estimate of drug-likeness (QED) is 0.903. The Kier molecular flexibility index (Phi) is 3.95. The van der Waals surface area contributed by atoms with E-state index in [4.69, 9.17) is 10.2 Å². The Morgan fingerprint density at radius 3 is 2.24 bits per heavy atom. The van der Waals surface area contributed by atoms with Crippen LogP contribution in [-0.4, -0.2) is 24.6 Å². The average molecular weight is 310 g/mol. The number of phenols is 1. The van der Waals surface area contributed by atoms with Gasteiger partial charge in [-0.3, -0.25) is 0 Å². The van der Waals surface area contributed by atoms with E-state index in [9.17, 15) is 17.6 Å². The minimum atomic E-state index is -3.78. The number of halogens is 1. The second kappa shape index (κ2) is 5.53. The second-order valence-electron chi connectivity index (χ2n) is 4.36. The largest absolute Gasteiger partial charge is 0.508 e. The third kappa shape index (κ3) is 3.38. The van der Waals surface area contributed by atoms with Crippen LogP contribution >= 0.6 is 0 Å². The molecule has 21 heavy (non-hydrogen) atoms. The molecule has 0 aliphatic heterocycles. The predicted octanol–water partition coefficient (Wildman–Crippen LogP) is 2.20. The first-order valence-corrected chi connectivity index (χ1v) is 7.48. The number of aromatic carboxylic acids is 1. The van der Waals surface area contributed by atoms with Crippen molar-refractivity contribution in [2.45, 2.75) is 10.6 Å². The molecule has 110 valence electrons. The lowest BCUT2D eigenvalue weighted by Gasteiger charge is -2.06. The van der Waals surface area contributed by atoms with Gasteiger partial charge in [0.2, 0.25) is 0 Å². The van der Waals surface area contributed by atoms with Crippen LogP contribution < -0.4 is 0 Å². The molecule has 0 unspecified atom stereocenters. The van der Waals surface area contributed by atoms with Crippen molar-refractivity contribution in [3.63, 3.8) is 0 Å². The number of hydrogen-bond acceptors (Lipinski definition) is 4. The SMILES string of the molecule is O=C(O)c1ccc(CS(=O)(=O)c2ccc(O)cc2)c(F)c1. The highest BCUT2D eigenvalue weighted by molar-refractivity contribution is 7.90. The molecule has 0 saturated carbocycles. The summed E-state index contributed by atoms with van der Waals surface area (Å²) in [5.74, 6) is -2.85. The van der Waals surface area contributed by atoms with Crippen molar-refractivity contribution in [3.8, 4) is 5.75 Å². The highest BCUT2D eigenvalue weighted by Gasteiger charge is 2.18. The van der Waals surface area contributed by atoms with Crippen LogP contribution in [0.15, 0.2) is 47.4 Å². The van der Waals surface area contributed by atoms with Crippen LogP contribution in [0, 0.1) is 5.82 Å². The smallest absolute Gasteiger partial charge is 0.335 e. The number of benzene rings is 2. The minimum Gasteiger partial charge on any atom is -0.508 e. The molecule has 2 aromatic carbocycles. The maximum absolute atomic E-state index is 13.8. The lowest BCUT2D eigenvalue weighted by atomic mass is 10.1. The molecule has 2 rings (SSSR count). The van der Waals surface area contributed by atoms with Gasteiger partial charge in [-0.05, 0) is 36.4 Å². The second-order valence-corrected chi connectivity index (χ2v) is 6.35. The van der Waals surface area contributed by atoms with Crippen LogP contribution in [-0.2, 0) is 15.6 Å². The highest BCUT2D eigenvalue weighted by atomic mass is 32.2. The Bertz CT molecular complexity index is 782. The summed E-state index contributed by atoms with van der Waals surface area (Å²) < 4.78 is 38.0. The van der Waals surface area contributed by atoms with E-state index in [0.717, 1.165) is 18.2 Å². The summed E-state index contributed by atoms with van der Waals surface area (Å²) in [5, 5.41) is 17.9. The first-order valence-electron chi connectivity index (χ1n) is 5.83. The van der Waals surface area contributed by atoms with Crippen molar-refractivity contribution in [3.05, 3.63) is 59.4 Å². The molecule has 2 N–H and O–H groups in total. The summed E-state index contributed by atoms with van der Waals surface area (Å²) in [5.41, 5.74) is -0.369. The van der Waals surface area contributed by atoms with Gasteiger partial charge in [-0.2, -0.15) is 0 Å². The lowest BCUT2D eigenvalue weighted by molar-refractivity contribution is 0.0696. The maximum Gasteiger partial charge on any atom is 0.335 e. The Labute approximate surface area is 120 Å². The Balaban J connectivity index is 2.32. The first kappa shape index (κ1) is 15.0. The van der Waals surface area contributed by atoms with Gasteiger partial charge in [-0.15, -0.1) is 0 Å². The fourth-order valence-electron chi connectivity index (χ4n) is 1.74. The predicted molar refractivity (Wildman–Crippen MR) is 72.4 cm³/mol. The third-order valence-corrected chi connectivity index (χ3v) is 4.52. The molecule has 0 spiro atoms. The standard InChI is InChI=1S/C14H11FO5S/c15-13-7-9(14(17)18)1-2-10(13)8-21(19,20)12-5-3-11(16)4-6-12/h1-7,16H,8H2,(H,17,18). The molecule has 5 nitrogen and oxygen atoms in total. The number of aromatic hydroxyl groups is 1. The van der Waals surface area contributed by atoms with Crippen molar-refractivity contribution in [1.82, 2.24) is 0 Å². The van der Waals surface area contributed by atoms with Crippen LogP contribution in [0.3, 0.4) is 0 Å². The summed E-state index contributed by atoms with van der Waals surface area (Å²) in [4.78, 5) is 10.6. The highest BCUT2D eigenvalue weighted by Crippen LogP contribution is 2.21. The fraction of sp³-hybridized carbons (Fsp3) is 0.0714. The normalized spacial score (nSPS) is 11.3. The molecule has 0 bridgehead atoms. The Morgan fingerprint density at radius 1 is 1.10 bits per heavy atom. The van der Waals surface area contributed by atoms with Gasteiger partial charge in [0.1, 0.15) is 11.6 Å². The van der Waals surface area contributed by atoms with Gasteiger partial charge in [0, 0.05) is 5.56 Å². The summed E-state index contributed by atoms with van der Waals surface area (Å²) in [6, 6.07) is 7.93. The number of carboxylic acid groups (broad SMARTS) is 1. The van der Waals surface area contributed by atoms with Crippen molar-refractivity contribution < 1.29 is 27.8 Å². The number of carboxylic acids is 1. The fourth-order valence-corrected chi connectivity index (χ4v) is 3.10. The molecular formula is C14H11FO5S. The van der Waals surface area contributed by atoms with Gasteiger partial charge in [-0.25, -0.2) is 17.6 Å². The summed E-state index contributed by atoms with van der Waals surface area (Å²) >= 11 is 0. The van der Waals surface area contributed by atoms with E-state index < -0.39 is 27.4 Å². The molecule has 0 heterocycles. The van der Waals surface area contributed by atoms with Gasteiger partial charge >= 0.3 is 5.97 Å². The monoisotopic (exact) mass is 310 g/mol. The molecule has 0 fully saturated rings. The molecule has 0 aromatic heterocycles. The third-order valence-electron chi connectivity index (χ3n) is 2.84. The molecule has 0 saturated heterocycles. The zero-order valence-electron chi connectivity index (χ0n) is 10.7. The summed E-state index contributed by atoms with van der Waals surface area (Å²) in [7, 11) is -3.78. The van der Waals surface area contributed by atoms with Crippen molar-refractivity contribution >= 4 is 15.8 Å². The molecule has 0 atom stereocenters. The first-order chi connectivity index (χ1) is 9.79. The van der Waals surface area contributed by atoms with E-state index in [-0.39, 0.29) is 21.8 Å². The molecule has 0 aliphatic carbocycles. The van der Waals surface area contributed by atoms with Gasteiger partial charge in [-0.1, -0.05) is 6.07 Å². The van der Waals surface area contributed by atoms with Crippen LogP contribution in [0.25, 0.3) is 0 Å². The summed E-state index contributed by atoms with van der Waals surface area (Å²) in [6.45, 7) is 0. The van der Waals surface area contributed by atoms with Gasteiger partial charge in [0.05, 0.1) is 16.2 Å². The van der Waals surface area contributed by atoms with Crippen LogP contribution in [0.2, 0.25) is 0 Å². The van der Waals surface area contributed by atoms with Crippen LogP contribution in [0.4, 0.5) is 4.39 Å². The van der Waals surface area contributed by atoms with Gasteiger partial charge in [0.15, 0.2) is 9.84 Å². The van der Waals surface area contributed by atoms with Crippen LogP contribution in [0.1, 0.15) is 15.9 Å². The number of hydrogen-bond donors (Lipinski definition) is 2. The summed E-state index contributed by atoms with van der Waals surface area (Å²) in [6.07, 6.45) is 0. The topological polar surface area (TPSA) is 91.7 Å². The molecule has 0 amide bonds. The van der Waals surface area contributed by atoms with Crippen LogP contribution in [0.5, 0.6) is 5.75 Å². The minimum absolute atomic E-state index is 0.0537. The molecule has 2 aromatic rings. The molecule has 7 heteroatoms. The van der Waals surface area contributed by atoms with E-state index in [2.05, 4.69) is 0 Å². The number of rotatable bonds is 4. The van der Waals surface area contributed by atoms with Gasteiger partial charge < -0.3 is 10.2 Å². The van der Waals surface area contributed by atoms with Crippen molar-refractivity contribution in [2.75, 3.05) is 0 Å². The van der Waals surface area contributed by atoms with E-state index in [0.29, 0.717) is 0 Å². The van der Waals surface area contributed by atoms with Crippen molar-refractivity contribution in [2.24, 2.45) is 0 Å². The molecule has 0 aliphatic rings. The van der Waals surface area contributed by atoms with E-state index >= 15 is 0 Å². The van der Waals surface area contributed by atoms with Crippen molar-refractivity contribution in [1.29, 1.82) is 0 Å². The number of sulfone groups is 1. The lowest BCUT2D eigenvalue weighted by Crippen LogP contribution is -2.07. The zero-order valence-corrected chi connectivity index (χ0v) is 11.5. The van der Waals surface area contributed by atoms with E-state index in [1.165, 1.54) is 24.3 Å².